The van der Waals surface area contributed by atoms with Gasteiger partial charge in [-0.15, -0.1) is 11.3 Å². The quantitative estimate of drug-likeness (QED) is 0.778. The van der Waals surface area contributed by atoms with Gasteiger partial charge in [0.05, 0.1) is 11.2 Å². The van der Waals surface area contributed by atoms with Crippen LogP contribution in [-0.4, -0.2) is 42.9 Å². The van der Waals surface area contributed by atoms with E-state index in [9.17, 15) is 0 Å². The van der Waals surface area contributed by atoms with Crippen LogP contribution >= 0.6 is 11.3 Å². The fourth-order valence-corrected chi connectivity index (χ4v) is 4.21. The number of nitrogens with zero attached hydrogens (tertiary/aromatic N) is 5. The first-order chi connectivity index (χ1) is 12.2. The minimum absolute atomic E-state index is 0.371. The molecule has 0 spiro atoms. The van der Waals surface area contributed by atoms with Crippen LogP contribution in [0.3, 0.4) is 0 Å². The Morgan fingerprint density at radius 2 is 2.20 bits per heavy atom. The van der Waals surface area contributed by atoms with Crippen LogP contribution in [0.5, 0.6) is 0 Å². The fourth-order valence-electron chi connectivity index (χ4n) is 3.39. The summed E-state index contributed by atoms with van der Waals surface area (Å²) in [5.41, 5.74) is 4.96. The molecule has 1 aliphatic rings. The van der Waals surface area contributed by atoms with Gasteiger partial charge in [0.2, 0.25) is 0 Å². The summed E-state index contributed by atoms with van der Waals surface area (Å²) in [5, 5.41) is 0. The summed E-state index contributed by atoms with van der Waals surface area (Å²) in [6.45, 7) is 7.22. The van der Waals surface area contributed by atoms with E-state index in [4.69, 9.17) is 9.97 Å². The van der Waals surface area contributed by atoms with Gasteiger partial charge >= 0.3 is 0 Å². The highest BCUT2D eigenvalue weighted by molar-refractivity contribution is 7.09. The second-order valence-corrected chi connectivity index (χ2v) is 7.57. The highest BCUT2D eigenvalue weighted by Gasteiger charge is 2.25. The van der Waals surface area contributed by atoms with Crippen molar-refractivity contribution in [3.63, 3.8) is 0 Å². The Balaban J connectivity index is 1.54. The van der Waals surface area contributed by atoms with Crippen molar-refractivity contribution in [3.8, 4) is 11.5 Å². The zero-order valence-electron chi connectivity index (χ0n) is 14.6. The number of nitrogens with one attached hydrogen (secondary N) is 1. The Kier molecular flexibility index (Phi) is 4.59. The van der Waals surface area contributed by atoms with Crippen molar-refractivity contribution in [2.45, 2.75) is 39.2 Å². The molecule has 130 valence electrons. The third-order valence-electron chi connectivity index (χ3n) is 4.70. The van der Waals surface area contributed by atoms with Crippen LogP contribution in [0.2, 0.25) is 0 Å². The number of piperidine rings is 1. The molecule has 0 radical (unpaired) electrons. The standard InChI is InChI=1S/C18H22N6S/c1-12-8-15(18-19-5-6-20-18)23-17(22-12)14-4-3-7-24(9-14)10-16-13(2)21-11-25-16/h5-6,8,11,14H,3-4,7,9-10H2,1-2H3,(H,19,20)/t14-/m1/s1. The van der Waals surface area contributed by atoms with E-state index >= 15 is 0 Å². The van der Waals surface area contributed by atoms with Crippen LogP contribution in [0, 0.1) is 13.8 Å². The molecule has 3 aromatic rings. The number of thiazole rings is 1. The number of hydrogen-bond acceptors (Lipinski definition) is 6. The molecule has 1 atom stereocenters. The predicted octanol–water partition coefficient (Wildman–Crippen LogP) is 3.32. The molecule has 0 unspecified atom stereocenters. The van der Waals surface area contributed by atoms with E-state index in [1.165, 1.54) is 11.3 Å². The van der Waals surface area contributed by atoms with E-state index in [1.807, 2.05) is 24.7 Å². The number of hydrogen-bond donors (Lipinski definition) is 1. The van der Waals surface area contributed by atoms with E-state index in [0.29, 0.717) is 5.92 Å². The van der Waals surface area contributed by atoms with Gasteiger partial charge in [-0.2, -0.15) is 0 Å². The number of aromatic nitrogens is 5. The lowest BCUT2D eigenvalue weighted by Gasteiger charge is -2.31. The molecule has 1 N–H and O–H groups in total. The Labute approximate surface area is 151 Å². The van der Waals surface area contributed by atoms with E-state index in [2.05, 4.69) is 26.8 Å². The third-order valence-corrected chi connectivity index (χ3v) is 5.61. The Morgan fingerprint density at radius 3 is 2.96 bits per heavy atom. The van der Waals surface area contributed by atoms with Crippen molar-refractivity contribution in [2.24, 2.45) is 0 Å². The lowest BCUT2D eigenvalue weighted by atomic mass is 9.96. The highest BCUT2D eigenvalue weighted by atomic mass is 32.1. The van der Waals surface area contributed by atoms with Gasteiger partial charge < -0.3 is 4.98 Å². The molecule has 0 aliphatic carbocycles. The first kappa shape index (κ1) is 16.4. The summed E-state index contributed by atoms with van der Waals surface area (Å²) < 4.78 is 0. The van der Waals surface area contributed by atoms with Crippen LogP contribution in [-0.2, 0) is 6.54 Å². The second-order valence-electron chi connectivity index (χ2n) is 6.63. The maximum absolute atomic E-state index is 4.81. The second kappa shape index (κ2) is 7.01. The molecule has 25 heavy (non-hydrogen) atoms. The molecule has 0 saturated carbocycles. The molecule has 1 saturated heterocycles. The number of rotatable bonds is 4. The Morgan fingerprint density at radius 1 is 1.28 bits per heavy atom. The van der Waals surface area contributed by atoms with E-state index < -0.39 is 0 Å². The third kappa shape index (κ3) is 3.62. The molecular formula is C18H22N6S. The molecule has 0 amide bonds. The molecule has 4 rings (SSSR count). The zero-order valence-corrected chi connectivity index (χ0v) is 15.4. The first-order valence-corrected chi connectivity index (χ1v) is 9.53. The van der Waals surface area contributed by atoms with Crippen LogP contribution < -0.4 is 0 Å². The minimum atomic E-state index is 0.371. The van der Waals surface area contributed by atoms with Crippen molar-refractivity contribution >= 4 is 11.3 Å². The SMILES string of the molecule is Cc1cc(-c2ncc[nH]2)nc([C@@H]2CCCN(Cc3scnc3C)C2)n1. The van der Waals surface area contributed by atoms with Gasteiger partial charge in [-0.05, 0) is 39.3 Å². The number of H-pyrrole nitrogens is 1. The molecule has 6 nitrogen and oxygen atoms in total. The van der Waals surface area contributed by atoms with E-state index in [0.717, 1.165) is 54.8 Å². The molecule has 4 heterocycles. The first-order valence-electron chi connectivity index (χ1n) is 8.65. The maximum Gasteiger partial charge on any atom is 0.156 e. The van der Waals surface area contributed by atoms with Gasteiger partial charge in [0, 0.05) is 42.0 Å². The van der Waals surface area contributed by atoms with Gasteiger partial charge in [0.15, 0.2) is 5.82 Å². The molecular weight excluding hydrogens is 332 g/mol. The van der Waals surface area contributed by atoms with Crippen LogP contribution in [0.15, 0.2) is 24.0 Å². The Hall–Kier alpha value is -2.12. The monoisotopic (exact) mass is 354 g/mol. The molecule has 0 aromatic carbocycles. The number of likely N-dealkylation sites (tertiary alicyclic amines) is 1. The summed E-state index contributed by atoms with van der Waals surface area (Å²) in [4.78, 5) is 25.2. The number of imidazole rings is 1. The van der Waals surface area contributed by atoms with Crippen molar-refractivity contribution in [3.05, 3.63) is 46.1 Å². The lowest BCUT2D eigenvalue weighted by molar-refractivity contribution is 0.197. The smallest absolute Gasteiger partial charge is 0.156 e. The molecule has 1 fully saturated rings. The van der Waals surface area contributed by atoms with Crippen molar-refractivity contribution < 1.29 is 0 Å². The van der Waals surface area contributed by atoms with Gasteiger partial charge in [0.25, 0.3) is 0 Å². The fraction of sp³-hybridized carbons (Fsp3) is 0.444. The van der Waals surface area contributed by atoms with E-state index in [-0.39, 0.29) is 0 Å². The largest absolute Gasteiger partial charge is 0.343 e. The van der Waals surface area contributed by atoms with Crippen molar-refractivity contribution in [2.75, 3.05) is 13.1 Å². The summed E-state index contributed by atoms with van der Waals surface area (Å²) in [7, 11) is 0. The van der Waals surface area contributed by atoms with Gasteiger partial charge in [0.1, 0.15) is 11.5 Å². The average Bonchev–Trinajstić information content (AvgIpc) is 3.27. The van der Waals surface area contributed by atoms with Crippen molar-refractivity contribution in [1.29, 1.82) is 0 Å². The molecule has 3 aromatic heterocycles. The minimum Gasteiger partial charge on any atom is -0.343 e. The Bertz CT molecular complexity index is 841. The lowest BCUT2D eigenvalue weighted by Crippen LogP contribution is -2.34. The number of aromatic amines is 1. The summed E-state index contributed by atoms with van der Waals surface area (Å²) >= 11 is 1.75. The highest BCUT2D eigenvalue weighted by Crippen LogP contribution is 2.28. The van der Waals surface area contributed by atoms with Crippen LogP contribution in [0.25, 0.3) is 11.5 Å². The summed E-state index contributed by atoms with van der Waals surface area (Å²) in [6, 6.07) is 1.99. The van der Waals surface area contributed by atoms with Gasteiger partial charge in [-0.1, -0.05) is 0 Å². The zero-order chi connectivity index (χ0) is 17.2. The average molecular weight is 354 g/mol. The van der Waals surface area contributed by atoms with E-state index in [1.54, 1.807) is 17.5 Å². The molecule has 0 bridgehead atoms. The van der Waals surface area contributed by atoms with Crippen molar-refractivity contribution in [1.82, 2.24) is 29.8 Å². The molecule has 7 heteroatoms. The van der Waals surface area contributed by atoms with Gasteiger partial charge in [-0.3, -0.25) is 4.90 Å². The number of aryl methyl sites for hydroxylation is 2. The summed E-state index contributed by atoms with van der Waals surface area (Å²) in [6.07, 6.45) is 5.90. The topological polar surface area (TPSA) is 70.6 Å². The van der Waals surface area contributed by atoms with Crippen LogP contribution in [0.4, 0.5) is 0 Å². The van der Waals surface area contributed by atoms with Crippen LogP contribution in [0.1, 0.15) is 40.8 Å². The normalized spacial score (nSPS) is 18.6. The van der Waals surface area contributed by atoms with Gasteiger partial charge in [-0.25, -0.2) is 19.9 Å². The maximum atomic E-state index is 4.81. The predicted molar refractivity (Wildman–Crippen MR) is 98.5 cm³/mol. The summed E-state index contributed by atoms with van der Waals surface area (Å²) in [5.74, 6) is 2.12. The molecule has 1 aliphatic heterocycles.